The maximum absolute atomic E-state index is 12.6. The number of hydrogen-bond acceptors (Lipinski definition) is 4. The molecule has 0 saturated carbocycles. The Kier molecular flexibility index (Phi) is 5.20. The van der Waals surface area contributed by atoms with E-state index in [0.29, 0.717) is 17.4 Å². The lowest BCUT2D eigenvalue weighted by Crippen LogP contribution is -2.53. The van der Waals surface area contributed by atoms with E-state index < -0.39 is 0 Å². The second kappa shape index (κ2) is 7.79. The van der Waals surface area contributed by atoms with Crippen molar-refractivity contribution in [2.45, 2.75) is 38.9 Å². The summed E-state index contributed by atoms with van der Waals surface area (Å²) >= 11 is 0. The molecule has 4 rings (SSSR count). The summed E-state index contributed by atoms with van der Waals surface area (Å²) in [5.74, 6) is -0.185. The number of fused-ring (bicyclic) bond motifs is 2. The fourth-order valence-corrected chi connectivity index (χ4v) is 3.87. The molecule has 29 heavy (non-hydrogen) atoms. The van der Waals surface area contributed by atoms with E-state index in [9.17, 15) is 9.59 Å². The maximum atomic E-state index is 12.6. The Bertz CT molecular complexity index is 1100. The third kappa shape index (κ3) is 4.07. The van der Waals surface area contributed by atoms with Crippen molar-refractivity contribution in [1.29, 1.82) is 0 Å². The van der Waals surface area contributed by atoms with Gasteiger partial charge in [-0.3, -0.25) is 19.1 Å². The number of carbonyl (C=O) groups is 1. The zero-order valence-corrected chi connectivity index (χ0v) is 16.9. The summed E-state index contributed by atoms with van der Waals surface area (Å²) in [5.41, 5.74) is 3.02. The average molecular weight is 390 g/mol. The van der Waals surface area contributed by atoms with E-state index in [2.05, 4.69) is 53.3 Å². The van der Waals surface area contributed by atoms with Gasteiger partial charge in [0.25, 0.3) is 5.56 Å². The van der Waals surface area contributed by atoms with E-state index in [0.717, 1.165) is 19.5 Å². The molecule has 2 aromatic carbocycles. The van der Waals surface area contributed by atoms with Crippen LogP contribution in [0.4, 0.5) is 0 Å². The average Bonchev–Trinajstić information content (AvgIpc) is 2.74. The zero-order chi connectivity index (χ0) is 20.4. The second-order valence-corrected chi connectivity index (χ2v) is 8.22. The molecule has 1 aliphatic rings. The molecule has 1 aliphatic heterocycles. The van der Waals surface area contributed by atoms with Gasteiger partial charge in [0, 0.05) is 25.2 Å². The van der Waals surface area contributed by atoms with Crippen molar-refractivity contribution in [3.63, 3.8) is 0 Å². The molecular formula is C23H26N4O2. The predicted octanol–water partition coefficient (Wildman–Crippen LogP) is 2.35. The molecule has 0 bridgehead atoms. The third-order valence-corrected chi connectivity index (χ3v) is 5.75. The minimum absolute atomic E-state index is 0.0322. The molecule has 0 radical (unpaired) electrons. The van der Waals surface area contributed by atoms with Crippen LogP contribution in [-0.4, -0.2) is 39.0 Å². The van der Waals surface area contributed by atoms with Gasteiger partial charge in [-0.05, 0) is 43.5 Å². The Morgan fingerprint density at radius 1 is 1.10 bits per heavy atom. The first kappa shape index (κ1) is 19.3. The number of para-hydroxylation sites is 1. The lowest BCUT2D eigenvalue weighted by molar-refractivity contribution is -0.122. The first-order valence-corrected chi connectivity index (χ1v) is 9.97. The van der Waals surface area contributed by atoms with Gasteiger partial charge in [0.05, 0.1) is 17.2 Å². The standard InChI is InChI=1S/C23H26N4O2/c1-23(2,27-12-11-17-7-3-4-8-18(17)13-27)15-24-21(28)14-26-16-25-20-10-6-5-9-19(20)22(26)29/h3-10,16H,11-15H2,1-2H3,(H,24,28). The first-order valence-electron chi connectivity index (χ1n) is 9.97. The Morgan fingerprint density at radius 2 is 1.83 bits per heavy atom. The molecule has 6 heteroatoms. The normalized spacial score (nSPS) is 14.6. The van der Waals surface area contributed by atoms with E-state index in [1.807, 2.05) is 6.07 Å². The van der Waals surface area contributed by atoms with E-state index in [1.54, 1.807) is 18.2 Å². The lowest BCUT2D eigenvalue weighted by Gasteiger charge is -2.41. The Morgan fingerprint density at radius 3 is 2.66 bits per heavy atom. The molecule has 0 saturated heterocycles. The van der Waals surface area contributed by atoms with Crippen molar-refractivity contribution < 1.29 is 4.79 Å². The summed E-state index contributed by atoms with van der Waals surface area (Å²) in [6.45, 7) is 6.62. The number of aromatic nitrogens is 2. The Balaban J connectivity index is 1.39. The highest BCUT2D eigenvalue weighted by Crippen LogP contribution is 2.24. The maximum Gasteiger partial charge on any atom is 0.261 e. The van der Waals surface area contributed by atoms with Gasteiger partial charge in [-0.2, -0.15) is 0 Å². The van der Waals surface area contributed by atoms with Gasteiger partial charge in [-0.25, -0.2) is 4.98 Å². The van der Waals surface area contributed by atoms with Crippen LogP contribution in [-0.2, 0) is 24.3 Å². The fourth-order valence-electron chi connectivity index (χ4n) is 3.87. The van der Waals surface area contributed by atoms with E-state index in [4.69, 9.17) is 0 Å². The summed E-state index contributed by atoms with van der Waals surface area (Å²) < 4.78 is 1.36. The van der Waals surface area contributed by atoms with Crippen LogP contribution in [0.25, 0.3) is 10.9 Å². The van der Waals surface area contributed by atoms with Crippen molar-refractivity contribution in [3.05, 3.63) is 76.3 Å². The molecule has 0 atom stereocenters. The first-order chi connectivity index (χ1) is 13.9. The lowest BCUT2D eigenvalue weighted by atomic mass is 9.94. The molecule has 1 amide bonds. The molecular weight excluding hydrogens is 364 g/mol. The van der Waals surface area contributed by atoms with Crippen LogP contribution < -0.4 is 10.9 Å². The smallest absolute Gasteiger partial charge is 0.261 e. The largest absolute Gasteiger partial charge is 0.353 e. The van der Waals surface area contributed by atoms with Crippen molar-refractivity contribution in [1.82, 2.24) is 19.8 Å². The number of hydrogen-bond donors (Lipinski definition) is 1. The van der Waals surface area contributed by atoms with Crippen molar-refractivity contribution in [2.24, 2.45) is 0 Å². The molecule has 1 aromatic heterocycles. The predicted molar refractivity (Wildman–Crippen MR) is 114 cm³/mol. The van der Waals surface area contributed by atoms with Crippen LogP contribution in [0.3, 0.4) is 0 Å². The molecule has 150 valence electrons. The SMILES string of the molecule is CC(C)(CNC(=O)Cn1cnc2ccccc2c1=O)N1CCc2ccccc2C1. The minimum Gasteiger partial charge on any atom is -0.353 e. The van der Waals surface area contributed by atoms with Crippen molar-refractivity contribution in [3.8, 4) is 0 Å². The summed E-state index contributed by atoms with van der Waals surface area (Å²) in [6, 6.07) is 15.7. The zero-order valence-electron chi connectivity index (χ0n) is 16.9. The number of amides is 1. The van der Waals surface area contributed by atoms with Gasteiger partial charge in [0.15, 0.2) is 0 Å². The summed E-state index contributed by atoms with van der Waals surface area (Å²) in [6.07, 6.45) is 2.46. The van der Waals surface area contributed by atoms with Crippen LogP contribution in [0.1, 0.15) is 25.0 Å². The number of carbonyl (C=O) groups excluding carboxylic acids is 1. The van der Waals surface area contributed by atoms with Gasteiger partial charge in [0.2, 0.25) is 5.91 Å². The summed E-state index contributed by atoms with van der Waals surface area (Å²) in [4.78, 5) is 31.8. The number of rotatable bonds is 5. The molecule has 0 spiro atoms. The highest BCUT2D eigenvalue weighted by Gasteiger charge is 2.30. The van der Waals surface area contributed by atoms with E-state index in [-0.39, 0.29) is 23.6 Å². The topological polar surface area (TPSA) is 67.2 Å². The molecule has 3 aromatic rings. The molecule has 0 unspecified atom stereocenters. The van der Waals surface area contributed by atoms with Gasteiger partial charge < -0.3 is 5.32 Å². The van der Waals surface area contributed by atoms with Gasteiger partial charge in [0.1, 0.15) is 6.54 Å². The van der Waals surface area contributed by atoms with Gasteiger partial charge >= 0.3 is 0 Å². The molecule has 2 heterocycles. The van der Waals surface area contributed by atoms with E-state index >= 15 is 0 Å². The highest BCUT2D eigenvalue weighted by atomic mass is 16.2. The van der Waals surface area contributed by atoms with Crippen molar-refractivity contribution in [2.75, 3.05) is 13.1 Å². The number of benzene rings is 2. The van der Waals surface area contributed by atoms with Crippen LogP contribution in [0, 0.1) is 0 Å². The summed E-state index contributed by atoms with van der Waals surface area (Å²) in [7, 11) is 0. The van der Waals surface area contributed by atoms with Crippen LogP contribution in [0.5, 0.6) is 0 Å². The molecule has 0 fully saturated rings. The quantitative estimate of drug-likeness (QED) is 0.726. The Hall–Kier alpha value is -2.99. The molecule has 1 N–H and O–H groups in total. The monoisotopic (exact) mass is 390 g/mol. The molecule has 0 aliphatic carbocycles. The van der Waals surface area contributed by atoms with E-state index in [1.165, 1.54) is 22.0 Å². The van der Waals surface area contributed by atoms with Crippen LogP contribution in [0.15, 0.2) is 59.7 Å². The fraction of sp³-hybridized carbons (Fsp3) is 0.348. The highest BCUT2D eigenvalue weighted by molar-refractivity contribution is 5.78. The number of nitrogens with one attached hydrogen (secondary N) is 1. The number of nitrogens with zero attached hydrogens (tertiary/aromatic N) is 3. The van der Waals surface area contributed by atoms with Crippen molar-refractivity contribution >= 4 is 16.8 Å². The second-order valence-electron chi connectivity index (χ2n) is 8.22. The van der Waals surface area contributed by atoms with Gasteiger partial charge in [-0.1, -0.05) is 36.4 Å². The van der Waals surface area contributed by atoms with Gasteiger partial charge in [-0.15, -0.1) is 0 Å². The third-order valence-electron chi connectivity index (χ3n) is 5.75. The molecule has 6 nitrogen and oxygen atoms in total. The van der Waals surface area contributed by atoms with Crippen LogP contribution in [0.2, 0.25) is 0 Å². The minimum atomic E-state index is -0.197. The summed E-state index contributed by atoms with van der Waals surface area (Å²) in [5, 5.41) is 3.52. The van der Waals surface area contributed by atoms with Crippen LogP contribution >= 0.6 is 0 Å². The Labute approximate surface area is 170 Å².